The maximum atomic E-state index is 2.71. The van der Waals surface area contributed by atoms with Gasteiger partial charge in [-0.15, -0.1) is 24.8 Å². The summed E-state index contributed by atoms with van der Waals surface area (Å²) in [6.07, 6.45) is 0. The molecule has 19 heavy (non-hydrogen) atoms. The Balaban J connectivity index is 0.00000162. The van der Waals surface area contributed by atoms with E-state index < -0.39 is 0 Å². The molecule has 0 bridgehead atoms. The summed E-state index contributed by atoms with van der Waals surface area (Å²) >= 11 is 0.637. The molecule has 0 N–H and O–H groups in total. The molecule has 0 spiro atoms. The average molecular weight is 813 g/mol. The number of rotatable bonds is 2. The fourth-order valence-corrected chi connectivity index (χ4v) is 76.7. The summed E-state index contributed by atoms with van der Waals surface area (Å²) in [6, 6.07) is 0. The Morgan fingerprint density at radius 1 is 0.737 bits per heavy atom. The van der Waals surface area contributed by atoms with E-state index in [1.165, 1.54) is 0 Å². The van der Waals surface area contributed by atoms with Gasteiger partial charge >= 0.3 is 152 Å². The Morgan fingerprint density at radius 3 is 1.26 bits per heavy atom. The maximum absolute atomic E-state index is 2.71. The molecule has 0 amide bonds. The van der Waals surface area contributed by atoms with Crippen molar-refractivity contribution < 1.29 is 23.2 Å². The molecule has 2 rings (SSSR count). The minimum atomic E-state index is -0.221. The van der Waals surface area contributed by atoms with Crippen molar-refractivity contribution in [3.05, 3.63) is 18.2 Å². The number of halogens is 2. The monoisotopic (exact) mass is 808 g/mol. The van der Waals surface area contributed by atoms with Crippen LogP contribution in [0.1, 0.15) is 41.5 Å². The molecule has 2 aliphatic heterocycles. The van der Waals surface area contributed by atoms with Gasteiger partial charge in [-0.25, -0.2) is 0 Å². The van der Waals surface area contributed by atoms with Crippen LogP contribution in [0.3, 0.4) is 0 Å². The maximum Gasteiger partial charge on any atom is -0.147 e. The van der Waals surface area contributed by atoms with Crippen LogP contribution in [-0.4, -0.2) is 67.3 Å². The third-order valence-corrected chi connectivity index (χ3v) is 73.0. The standard InChI is InChI=1S/2C6H9.2ClH.4Sb.Zr/c2*1-4-6(3)5-2;;;;;;;/h2*1-3H3;2*1H;;;;;. The topological polar surface area (TPSA) is 0 Å². The second kappa shape index (κ2) is 9.06. The van der Waals surface area contributed by atoms with E-state index >= 15 is 0 Å². The summed E-state index contributed by atoms with van der Waals surface area (Å²) in [4.78, 5) is 0. The van der Waals surface area contributed by atoms with Crippen LogP contribution in [0.2, 0.25) is 2.14 Å². The average Bonchev–Trinajstić information content (AvgIpc) is 2.66. The van der Waals surface area contributed by atoms with Gasteiger partial charge in [0.2, 0.25) is 0 Å². The van der Waals surface area contributed by atoms with Crippen molar-refractivity contribution in [1.29, 1.82) is 0 Å². The van der Waals surface area contributed by atoms with E-state index in [-0.39, 0.29) is 115 Å². The summed E-state index contributed by atoms with van der Waals surface area (Å²) < 4.78 is 5.69. The third kappa shape index (κ3) is 5.09. The van der Waals surface area contributed by atoms with Crippen molar-refractivity contribution in [2.24, 2.45) is 0 Å². The second-order valence-electron chi connectivity index (χ2n) is 5.09. The molecule has 0 aromatic heterocycles. The van der Waals surface area contributed by atoms with Gasteiger partial charge in [0.15, 0.2) is 0 Å². The van der Waals surface area contributed by atoms with Gasteiger partial charge < -0.3 is 0 Å². The Hall–Kier alpha value is 4.22. The SMILES string of the molecule is C[C]1=C(C)[C](C)([Zr][C]2(C)[Sb]=[Sb][C](C)=C2C)[Sb]=[Sb]1.Cl.Cl. The number of hydrogen-bond acceptors (Lipinski definition) is 0. The molecule has 2 heterocycles. The predicted molar refractivity (Wildman–Crippen MR) is 91.0 cm³/mol. The third-order valence-electron chi connectivity index (χ3n) is 3.83. The molecule has 0 nitrogen and oxygen atoms in total. The van der Waals surface area contributed by atoms with Crippen molar-refractivity contribution in [1.82, 2.24) is 0 Å². The molecule has 2 aliphatic rings. The Labute approximate surface area is 173 Å². The van der Waals surface area contributed by atoms with E-state index in [0.29, 0.717) is 0 Å². The molecule has 2 unspecified atom stereocenters. The van der Waals surface area contributed by atoms with Gasteiger partial charge in [0.25, 0.3) is 0 Å². The summed E-state index contributed by atoms with van der Waals surface area (Å²) in [5.41, 5.74) is 3.85. The minimum absolute atomic E-state index is 0. The van der Waals surface area contributed by atoms with Gasteiger partial charge in [0.05, 0.1) is 0 Å². The predicted octanol–water partition coefficient (Wildman–Crippen LogP) is 3.45. The van der Waals surface area contributed by atoms with Crippen LogP contribution >= 0.6 is 24.8 Å². The number of hydrogen-bond donors (Lipinski definition) is 0. The molecular formula is C12H20Cl2Sb4Zr. The van der Waals surface area contributed by atoms with Crippen LogP contribution in [0.5, 0.6) is 0 Å². The first kappa shape index (κ1) is 23.2. The summed E-state index contributed by atoms with van der Waals surface area (Å²) in [5.74, 6) is 0. The normalized spacial score (nSPS) is 32.5. The zero-order chi connectivity index (χ0) is 12.8. The summed E-state index contributed by atoms with van der Waals surface area (Å²) in [7, 11) is 0. The molecule has 7 heteroatoms. The van der Waals surface area contributed by atoms with Crippen LogP contribution in [0.4, 0.5) is 0 Å². The summed E-state index contributed by atoms with van der Waals surface area (Å²) in [6.45, 7) is 15.4. The first-order valence-electron chi connectivity index (χ1n) is 5.79. The molecule has 106 valence electrons. The largest absolute Gasteiger partial charge is 0.147 e. The van der Waals surface area contributed by atoms with E-state index in [9.17, 15) is 0 Å². The summed E-state index contributed by atoms with van der Waals surface area (Å²) in [5, 5.41) is 0. The van der Waals surface area contributed by atoms with Crippen LogP contribution in [0.25, 0.3) is 0 Å². The van der Waals surface area contributed by atoms with E-state index in [1.54, 1.807) is 0 Å². The van der Waals surface area contributed by atoms with Crippen molar-refractivity contribution in [2.75, 3.05) is 0 Å². The quantitative estimate of drug-likeness (QED) is 0.376. The van der Waals surface area contributed by atoms with E-state index in [4.69, 9.17) is 0 Å². The van der Waals surface area contributed by atoms with Crippen molar-refractivity contribution >= 4 is 92.2 Å². The first-order valence-corrected chi connectivity index (χ1v) is 31.0. The zero-order valence-corrected chi connectivity index (χ0v) is 26.4. The molecule has 0 aliphatic carbocycles. The Morgan fingerprint density at radius 2 is 1.05 bits per heavy atom. The van der Waals surface area contributed by atoms with E-state index in [2.05, 4.69) is 41.5 Å². The number of allylic oxidation sites excluding steroid dienone is 4. The van der Waals surface area contributed by atoms with E-state index in [0.717, 1.165) is 2.14 Å². The van der Waals surface area contributed by atoms with E-state index in [1.807, 2.05) is 18.2 Å². The zero-order valence-electron chi connectivity index (χ0n) is 12.1. The van der Waals surface area contributed by atoms with Crippen LogP contribution in [0.15, 0.2) is 18.2 Å². The molecule has 0 saturated heterocycles. The van der Waals surface area contributed by atoms with Gasteiger partial charge in [-0.2, -0.15) is 0 Å². The molecule has 0 saturated carbocycles. The molecule has 2 atom stereocenters. The molecule has 0 fully saturated rings. The fourth-order valence-electron chi connectivity index (χ4n) is 2.07. The van der Waals surface area contributed by atoms with Gasteiger partial charge in [-0.1, -0.05) is 0 Å². The first-order chi connectivity index (χ1) is 7.78. The minimum Gasteiger partial charge on any atom is -0.147 e. The van der Waals surface area contributed by atoms with Crippen LogP contribution < -0.4 is 0 Å². The van der Waals surface area contributed by atoms with Gasteiger partial charge in [-0.05, 0) is 0 Å². The van der Waals surface area contributed by atoms with Crippen molar-refractivity contribution in [3.63, 3.8) is 0 Å². The van der Waals surface area contributed by atoms with Crippen LogP contribution in [0, 0.1) is 0 Å². The molecule has 0 radical (unpaired) electrons. The molecule has 0 aromatic rings. The van der Waals surface area contributed by atoms with Crippen LogP contribution in [-0.2, 0) is 23.2 Å². The van der Waals surface area contributed by atoms with Crippen molar-refractivity contribution in [3.8, 4) is 0 Å². The van der Waals surface area contributed by atoms with Gasteiger partial charge in [0, 0.05) is 0 Å². The Kier molecular flexibility index (Phi) is 11.1. The molecular weight excluding hydrogens is 793 g/mol. The smallest absolute Gasteiger partial charge is 0.147 e. The molecule has 0 aromatic carbocycles. The van der Waals surface area contributed by atoms with Gasteiger partial charge in [-0.3, -0.25) is 0 Å². The Bertz CT molecular complexity index is 454. The second-order valence-corrected chi connectivity index (χ2v) is 43.3. The fraction of sp³-hybridized carbons (Fsp3) is 0.667. The van der Waals surface area contributed by atoms with Gasteiger partial charge in [0.1, 0.15) is 0 Å². The van der Waals surface area contributed by atoms with Crippen molar-refractivity contribution in [2.45, 2.75) is 43.7 Å².